The quantitative estimate of drug-likeness (QED) is 0.852. The van der Waals surface area contributed by atoms with E-state index in [1.165, 1.54) is 5.56 Å². The van der Waals surface area contributed by atoms with Crippen LogP contribution in [0.2, 0.25) is 0 Å². The highest BCUT2D eigenvalue weighted by molar-refractivity contribution is 5.76. The Morgan fingerprint density at radius 1 is 1.43 bits per heavy atom. The fourth-order valence-electron chi connectivity index (χ4n) is 2.47. The lowest BCUT2D eigenvalue weighted by atomic mass is 10.2. The van der Waals surface area contributed by atoms with Crippen LogP contribution in [-0.4, -0.2) is 55.5 Å². The van der Waals surface area contributed by atoms with E-state index in [0.717, 1.165) is 38.3 Å². The summed E-state index contributed by atoms with van der Waals surface area (Å²) < 4.78 is 5.74. The van der Waals surface area contributed by atoms with Crippen LogP contribution in [0.1, 0.15) is 18.4 Å². The summed E-state index contributed by atoms with van der Waals surface area (Å²) in [5.41, 5.74) is 6.66. The molecule has 1 heterocycles. The number of hydrogen-bond donors (Lipinski definition) is 1. The van der Waals surface area contributed by atoms with E-state index in [9.17, 15) is 4.79 Å². The maximum Gasteiger partial charge on any atom is 0.223 e. The lowest BCUT2D eigenvalue weighted by molar-refractivity contribution is -0.130. The van der Waals surface area contributed by atoms with Crippen molar-refractivity contribution in [2.24, 2.45) is 5.73 Å². The number of carbonyl (C=O) groups is 1. The summed E-state index contributed by atoms with van der Waals surface area (Å²) in [6.45, 7) is 4.50. The zero-order valence-corrected chi connectivity index (χ0v) is 12.8. The van der Waals surface area contributed by atoms with Gasteiger partial charge in [0.25, 0.3) is 0 Å². The number of para-hydroxylation sites is 1. The third kappa shape index (κ3) is 4.72. The monoisotopic (exact) mass is 291 g/mol. The van der Waals surface area contributed by atoms with Crippen molar-refractivity contribution in [2.75, 3.05) is 39.8 Å². The predicted octanol–water partition coefficient (Wildman–Crippen LogP) is 1.08. The van der Waals surface area contributed by atoms with E-state index in [4.69, 9.17) is 10.5 Å². The molecular weight excluding hydrogens is 266 g/mol. The summed E-state index contributed by atoms with van der Waals surface area (Å²) in [4.78, 5) is 16.1. The Hall–Kier alpha value is -1.59. The van der Waals surface area contributed by atoms with Crippen LogP contribution < -0.4 is 10.5 Å². The normalized spacial score (nSPS) is 15.0. The van der Waals surface area contributed by atoms with Gasteiger partial charge in [-0.25, -0.2) is 0 Å². The van der Waals surface area contributed by atoms with Crippen molar-refractivity contribution < 1.29 is 9.53 Å². The molecule has 0 fully saturated rings. The SMILES string of the molecule is CN(CCCN)C(=O)CCN1CCOc2ccccc2C1. The zero-order chi connectivity index (χ0) is 15.1. The van der Waals surface area contributed by atoms with Gasteiger partial charge in [0.1, 0.15) is 12.4 Å². The summed E-state index contributed by atoms with van der Waals surface area (Å²) in [6.07, 6.45) is 1.40. The Balaban J connectivity index is 1.82. The molecule has 1 amide bonds. The molecule has 0 atom stereocenters. The van der Waals surface area contributed by atoms with Crippen LogP contribution in [0.4, 0.5) is 0 Å². The predicted molar refractivity (Wildman–Crippen MR) is 83.1 cm³/mol. The van der Waals surface area contributed by atoms with Crippen molar-refractivity contribution in [2.45, 2.75) is 19.4 Å². The molecule has 21 heavy (non-hydrogen) atoms. The minimum Gasteiger partial charge on any atom is -0.492 e. The van der Waals surface area contributed by atoms with E-state index in [2.05, 4.69) is 11.0 Å². The van der Waals surface area contributed by atoms with Crippen LogP contribution in [-0.2, 0) is 11.3 Å². The van der Waals surface area contributed by atoms with Crippen molar-refractivity contribution in [3.8, 4) is 5.75 Å². The maximum atomic E-state index is 12.1. The second-order valence-electron chi connectivity index (χ2n) is 5.44. The summed E-state index contributed by atoms with van der Waals surface area (Å²) >= 11 is 0. The molecule has 1 aromatic rings. The fourth-order valence-corrected chi connectivity index (χ4v) is 2.47. The van der Waals surface area contributed by atoms with Gasteiger partial charge >= 0.3 is 0 Å². The molecule has 2 rings (SSSR count). The number of fused-ring (bicyclic) bond motifs is 1. The van der Waals surface area contributed by atoms with Crippen molar-refractivity contribution in [3.05, 3.63) is 29.8 Å². The van der Waals surface area contributed by atoms with Gasteiger partial charge in [-0.3, -0.25) is 9.69 Å². The molecule has 1 aliphatic heterocycles. The summed E-state index contributed by atoms with van der Waals surface area (Å²) in [6, 6.07) is 8.11. The van der Waals surface area contributed by atoms with Gasteiger partial charge in [0.2, 0.25) is 5.91 Å². The number of rotatable bonds is 6. The van der Waals surface area contributed by atoms with Crippen LogP contribution in [0.5, 0.6) is 5.75 Å². The number of nitrogens with two attached hydrogens (primary N) is 1. The molecule has 0 saturated heterocycles. The van der Waals surface area contributed by atoms with Gasteiger partial charge in [-0.1, -0.05) is 18.2 Å². The van der Waals surface area contributed by atoms with Crippen molar-refractivity contribution in [1.82, 2.24) is 9.80 Å². The smallest absolute Gasteiger partial charge is 0.223 e. The van der Waals surface area contributed by atoms with E-state index in [1.807, 2.05) is 25.2 Å². The Morgan fingerprint density at radius 3 is 3.05 bits per heavy atom. The highest BCUT2D eigenvalue weighted by atomic mass is 16.5. The Labute approximate surface area is 126 Å². The molecule has 5 nitrogen and oxygen atoms in total. The van der Waals surface area contributed by atoms with Crippen LogP contribution in [0.15, 0.2) is 24.3 Å². The molecule has 1 aromatic carbocycles. The standard InChI is InChI=1S/C16H25N3O2/c1-18(9-4-8-17)16(20)7-10-19-11-12-21-15-6-3-2-5-14(15)13-19/h2-3,5-6H,4,7-13,17H2,1H3. The van der Waals surface area contributed by atoms with Gasteiger partial charge in [-0.05, 0) is 19.0 Å². The largest absolute Gasteiger partial charge is 0.492 e. The van der Waals surface area contributed by atoms with E-state index < -0.39 is 0 Å². The fraction of sp³-hybridized carbons (Fsp3) is 0.562. The number of benzene rings is 1. The second kappa shape index (κ2) is 8.00. The first-order valence-electron chi connectivity index (χ1n) is 7.58. The molecule has 1 aliphatic rings. The number of ether oxygens (including phenoxy) is 1. The van der Waals surface area contributed by atoms with Gasteiger partial charge in [-0.15, -0.1) is 0 Å². The first kappa shape index (κ1) is 15.8. The Kier molecular flexibility index (Phi) is 6.02. The minimum absolute atomic E-state index is 0.182. The van der Waals surface area contributed by atoms with E-state index >= 15 is 0 Å². The molecule has 0 aliphatic carbocycles. The highest BCUT2D eigenvalue weighted by Crippen LogP contribution is 2.22. The maximum absolute atomic E-state index is 12.1. The molecule has 0 radical (unpaired) electrons. The van der Waals surface area contributed by atoms with Gasteiger partial charge in [0.15, 0.2) is 0 Å². The summed E-state index contributed by atoms with van der Waals surface area (Å²) in [5.74, 6) is 1.15. The molecule has 0 bridgehead atoms. The molecule has 0 aromatic heterocycles. The molecule has 0 saturated carbocycles. The second-order valence-corrected chi connectivity index (χ2v) is 5.44. The van der Waals surface area contributed by atoms with Gasteiger partial charge in [0, 0.05) is 45.2 Å². The topological polar surface area (TPSA) is 58.8 Å². The highest BCUT2D eigenvalue weighted by Gasteiger charge is 2.16. The molecule has 0 unspecified atom stereocenters. The van der Waals surface area contributed by atoms with Gasteiger partial charge < -0.3 is 15.4 Å². The number of amides is 1. The van der Waals surface area contributed by atoms with Crippen molar-refractivity contribution in [1.29, 1.82) is 0 Å². The Morgan fingerprint density at radius 2 is 2.24 bits per heavy atom. The summed E-state index contributed by atoms with van der Waals surface area (Å²) in [7, 11) is 1.85. The third-order valence-electron chi connectivity index (χ3n) is 3.80. The number of hydrogen-bond acceptors (Lipinski definition) is 4. The van der Waals surface area contributed by atoms with Gasteiger partial charge in [-0.2, -0.15) is 0 Å². The van der Waals surface area contributed by atoms with E-state index in [0.29, 0.717) is 19.6 Å². The minimum atomic E-state index is 0.182. The zero-order valence-electron chi connectivity index (χ0n) is 12.8. The van der Waals surface area contributed by atoms with E-state index in [1.54, 1.807) is 4.90 Å². The van der Waals surface area contributed by atoms with E-state index in [-0.39, 0.29) is 5.91 Å². The molecule has 2 N–H and O–H groups in total. The third-order valence-corrected chi connectivity index (χ3v) is 3.80. The molecular formula is C16H25N3O2. The lowest BCUT2D eigenvalue weighted by Crippen LogP contribution is -2.34. The van der Waals surface area contributed by atoms with Crippen molar-refractivity contribution in [3.63, 3.8) is 0 Å². The average Bonchev–Trinajstić information content (AvgIpc) is 2.71. The number of nitrogens with zero attached hydrogens (tertiary/aromatic N) is 2. The summed E-state index contributed by atoms with van der Waals surface area (Å²) in [5, 5.41) is 0. The average molecular weight is 291 g/mol. The van der Waals surface area contributed by atoms with Crippen LogP contribution in [0.3, 0.4) is 0 Å². The van der Waals surface area contributed by atoms with Crippen LogP contribution in [0, 0.1) is 0 Å². The van der Waals surface area contributed by atoms with Gasteiger partial charge in [0.05, 0.1) is 0 Å². The van der Waals surface area contributed by atoms with Crippen molar-refractivity contribution >= 4 is 5.91 Å². The number of carbonyl (C=O) groups excluding carboxylic acids is 1. The van der Waals surface area contributed by atoms with Crippen LogP contribution in [0.25, 0.3) is 0 Å². The Bertz CT molecular complexity index is 465. The first-order chi connectivity index (χ1) is 10.2. The lowest BCUT2D eigenvalue weighted by Gasteiger charge is -2.21. The molecule has 116 valence electrons. The molecule has 0 spiro atoms. The first-order valence-corrected chi connectivity index (χ1v) is 7.58. The van der Waals surface area contributed by atoms with Crippen LogP contribution >= 0.6 is 0 Å². The molecule has 5 heteroatoms.